The molecule has 0 unspecified atom stereocenters. The largest absolute Gasteiger partial charge is 0.457 e. The fourth-order valence-corrected chi connectivity index (χ4v) is 7.08. The lowest BCUT2D eigenvalue weighted by molar-refractivity contribution is 0.418. The van der Waals surface area contributed by atoms with Crippen molar-refractivity contribution in [1.82, 2.24) is 15.0 Å². The average molecular weight is 573 g/mol. The molecule has 3 heterocycles. The summed E-state index contributed by atoms with van der Waals surface area (Å²) < 4.78 is 8.86. The summed E-state index contributed by atoms with van der Waals surface area (Å²) in [4.78, 5) is 14.9. The van der Waals surface area contributed by atoms with E-state index in [-0.39, 0.29) is 5.41 Å². The first-order valence-corrected chi connectivity index (χ1v) is 14.9. The van der Waals surface area contributed by atoms with E-state index >= 15 is 0 Å². The third-order valence-electron chi connectivity index (χ3n) is 8.22. The molecule has 0 bridgehead atoms. The van der Waals surface area contributed by atoms with Gasteiger partial charge >= 0.3 is 0 Å². The highest BCUT2D eigenvalue weighted by atomic mass is 32.1. The lowest BCUT2D eigenvalue weighted by Gasteiger charge is -2.34. The van der Waals surface area contributed by atoms with Crippen LogP contribution in [0.5, 0.6) is 11.5 Å². The number of nitriles is 1. The zero-order chi connectivity index (χ0) is 29.1. The van der Waals surface area contributed by atoms with E-state index in [0.717, 1.165) is 33.6 Å². The van der Waals surface area contributed by atoms with Crippen LogP contribution >= 0.6 is 11.3 Å². The molecule has 5 nitrogen and oxygen atoms in total. The molecule has 0 spiro atoms. The van der Waals surface area contributed by atoms with E-state index in [1.807, 2.05) is 54.6 Å². The van der Waals surface area contributed by atoms with Gasteiger partial charge in [-0.15, -0.1) is 11.3 Å². The molecule has 0 amide bonds. The van der Waals surface area contributed by atoms with E-state index in [1.165, 1.54) is 20.2 Å². The van der Waals surface area contributed by atoms with E-state index in [4.69, 9.17) is 19.7 Å². The van der Waals surface area contributed by atoms with Gasteiger partial charge in [-0.3, -0.25) is 0 Å². The first kappa shape index (κ1) is 25.3. The van der Waals surface area contributed by atoms with Gasteiger partial charge in [0.2, 0.25) is 0 Å². The topological polar surface area (TPSA) is 71.7 Å². The summed E-state index contributed by atoms with van der Waals surface area (Å²) in [5, 5.41) is 12.0. The van der Waals surface area contributed by atoms with Gasteiger partial charge in [0, 0.05) is 53.4 Å². The summed E-state index contributed by atoms with van der Waals surface area (Å²) in [7, 11) is 0. The lowest BCUT2D eigenvalue weighted by Crippen LogP contribution is -2.24. The number of nitrogens with zero attached hydrogens (tertiary/aromatic N) is 4. The van der Waals surface area contributed by atoms with Crippen molar-refractivity contribution in [1.29, 1.82) is 5.26 Å². The molecule has 204 valence electrons. The van der Waals surface area contributed by atoms with E-state index < -0.39 is 0 Å². The maximum absolute atomic E-state index is 9.47. The zero-order valence-corrected chi connectivity index (χ0v) is 24.3. The molecule has 5 aromatic carbocycles. The second-order valence-electron chi connectivity index (χ2n) is 11.2. The minimum Gasteiger partial charge on any atom is -0.457 e. The summed E-state index contributed by atoms with van der Waals surface area (Å²) in [5.74, 6) is 3.24. The monoisotopic (exact) mass is 572 g/mol. The van der Waals surface area contributed by atoms with Crippen molar-refractivity contribution in [3.05, 3.63) is 126 Å². The minimum absolute atomic E-state index is 0.297. The first-order valence-electron chi connectivity index (χ1n) is 14.1. The standard InChI is InChI=1S/C37H24N4OS/c1-37(2)28-16-12-22(21-38)18-30(28)42-31-19-24(14-17-29(31)37)35-39-34(23-8-4-3-5-9-23)40-36(41-35)25-13-15-27-26-10-6-7-11-32(26)43-33(27)20-25/h3-20H,1-2H3. The Morgan fingerprint density at radius 3 is 1.98 bits per heavy atom. The number of thiophene rings is 1. The fourth-order valence-electron chi connectivity index (χ4n) is 5.93. The Morgan fingerprint density at radius 1 is 0.605 bits per heavy atom. The molecular weight excluding hydrogens is 549 g/mol. The van der Waals surface area contributed by atoms with Gasteiger partial charge in [0.15, 0.2) is 17.5 Å². The first-order chi connectivity index (χ1) is 21.0. The third-order valence-corrected chi connectivity index (χ3v) is 9.36. The van der Waals surface area contributed by atoms with Crippen LogP contribution < -0.4 is 4.74 Å². The van der Waals surface area contributed by atoms with E-state index in [2.05, 4.69) is 74.5 Å². The van der Waals surface area contributed by atoms with Crippen LogP contribution in [0.2, 0.25) is 0 Å². The zero-order valence-electron chi connectivity index (χ0n) is 23.5. The summed E-state index contributed by atoms with van der Waals surface area (Å²) in [5.41, 5.74) is 5.09. The summed E-state index contributed by atoms with van der Waals surface area (Å²) in [6.45, 7) is 4.36. The SMILES string of the molecule is CC1(C)c2ccc(C#N)cc2Oc2cc(-c3nc(-c4ccccc4)nc(-c4ccc5c(c4)sc4ccccc45)n3)ccc21. The van der Waals surface area contributed by atoms with Gasteiger partial charge in [0.05, 0.1) is 11.6 Å². The van der Waals surface area contributed by atoms with E-state index in [9.17, 15) is 5.26 Å². The molecule has 0 saturated heterocycles. The van der Waals surface area contributed by atoms with Gasteiger partial charge < -0.3 is 4.74 Å². The molecule has 0 N–H and O–H groups in total. The van der Waals surface area contributed by atoms with Gasteiger partial charge in [0.1, 0.15) is 11.5 Å². The fraction of sp³-hybridized carbons (Fsp3) is 0.0811. The van der Waals surface area contributed by atoms with Crippen molar-refractivity contribution in [2.24, 2.45) is 0 Å². The summed E-state index contributed by atoms with van der Waals surface area (Å²) >= 11 is 1.78. The van der Waals surface area contributed by atoms with Gasteiger partial charge in [-0.1, -0.05) is 92.7 Å². The number of hydrogen-bond donors (Lipinski definition) is 0. The molecule has 0 saturated carbocycles. The Morgan fingerprint density at radius 2 is 1.21 bits per heavy atom. The second-order valence-corrected chi connectivity index (χ2v) is 12.3. The van der Waals surface area contributed by atoms with Crippen molar-refractivity contribution < 1.29 is 4.74 Å². The number of fused-ring (bicyclic) bond motifs is 5. The van der Waals surface area contributed by atoms with Gasteiger partial charge in [0.25, 0.3) is 0 Å². The van der Waals surface area contributed by atoms with Crippen molar-refractivity contribution in [3.63, 3.8) is 0 Å². The molecule has 0 atom stereocenters. The van der Waals surface area contributed by atoms with Crippen molar-refractivity contribution in [2.45, 2.75) is 19.3 Å². The highest BCUT2D eigenvalue weighted by molar-refractivity contribution is 7.25. The smallest absolute Gasteiger partial charge is 0.164 e. The molecule has 1 aliphatic heterocycles. The van der Waals surface area contributed by atoms with Gasteiger partial charge in [-0.2, -0.15) is 5.26 Å². The molecule has 6 heteroatoms. The third kappa shape index (κ3) is 4.17. The van der Waals surface area contributed by atoms with Gasteiger partial charge in [-0.05, 0) is 30.3 Å². The van der Waals surface area contributed by atoms with Crippen molar-refractivity contribution >= 4 is 31.5 Å². The lowest BCUT2D eigenvalue weighted by atomic mass is 9.75. The highest BCUT2D eigenvalue weighted by Gasteiger charge is 2.34. The van der Waals surface area contributed by atoms with Crippen molar-refractivity contribution in [3.8, 4) is 51.7 Å². The van der Waals surface area contributed by atoms with Crippen molar-refractivity contribution in [2.75, 3.05) is 0 Å². The molecule has 0 radical (unpaired) electrons. The Hall–Kier alpha value is -5.38. The van der Waals surface area contributed by atoms with E-state index in [0.29, 0.717) is 28.8 Å². The number of benzene rings is 5. The van der Waals surface area contributed by atoms with Crippen LogP contribution in [0.3, 0.4) is 0 Å². The number of hydrogen-bond acceptors (Lipinski definition) is 6. The summed E-state index contributed by atoms with van der Waals surface area (Å²) in [6, 6.07) is 38.9. The van der Waals surface area contributed by atoms with Crippen LogP contribution in [0.4, 0.5) is 0 Å². The van der Waals surface area contributed by atoms with Crippen LogP contribution in [0, 0.1) is 11.3 Å². The average Bonchev–Trinajstić information content (AvgIpc) is 3.42. The Kier molecular flexibility index (Phi) is 5.65. The maximum Gasteiger partial charge on any atom is 0.164 e. The molecule has 1 aliphatic rings. The second kappa shape index (κ2) is 9.59. The van der Waals surface area contributed by atoms with Crippen LogP contribution in [-0.4, -0.2) is 15.0 Å². The molecule has 43 heavy (non-hydrogen) atoms. The predicted molar refractivity (Wildman–Crippen MR) is 172 cm³/mol. The molecular formula is C37H24N4OS. The molecule has 0 fully saturated rings. The summed E-state index contributed by atoms with van der Waals surface area (Å²) in [6.07, 6.45) is 0. The van der Waals surface area contributed by atoms with Crippen LogP contribution in [-0.2, 0) is 5.41 Å². The van der Waals surface area contributed by atoms with Crippen LogP contribution in [0.25, 0.3) is 54.3 Å². The molecule has 7 aromatic rings. The molecule has 2 aromatic heterocycles. The van der Waals surface area contributed by atoms with Gasteiger partial charge in [-0.25, -0.2) is 15.0 Å². The Labute approximate surface area is 252 Å². The highest BCUT2D eigenvalue weighted by Crippen LogP contribution is 2.49. The predicted octanol–water partition coefficient (Wildman–Crippen LogP) is 9.54. The van der Waals surface area contributed by atoms with Crippen LogP contribution in [0.15, 0.2) is 109 Å². The molecule has 0 aliphatic carbocycles. The minimum atomic E-state index is -0.297. The maximum atomic E-state index is 9.47. The Balaban J connectivity index is 1.28. The number of ether oxygens (including phenoxy) is 1. The molecule has 8 rings (SSSR count). The number of rotatable bonds is 3. The van der Waals surface area contributed by atoms with Crippen LogP contribution in [0.1, 0.15) is 30.5 Å². The van der Waals surface area contributed by atoms with E-state index in [1.54, 1.807) is 11.3 Å². The number of aromatic nitrogens is 3. The normalized spacial score (nSPS) is 13.2. The quantitative estimate of drug-likeness (QED) is 0.211. The Bertz CT molecular complexity index is 2260.